The lowest BCUT2D eigenvalue weighted by molar-refractivity contribution is -0.123. The van der Waals surface area contributed by atoms with E-state index in [1.807, 2.05) is 6.92 Å². The Morgan fingerprint density at radius 1 is 1.16 bits per heavy atom. The van der Waals surface area contributed by atoms with Crippen molar-refractivity contribution in [3.05, 3.63) is 23.8 Å². The highest BCUT2D eigenvalue weighted by atomic mass is 16.5. The molecule has 0 saturated heterocycles. The molecule has 3 atom stereocenters. The van der Waals surface area contributed by atoms with Crippen LogP contribution in [0.25, 0.3) is 0 Å². The number of rotatable bonds is 6. The summed E-state index contributed by atoms with van der Waals surface area (Å²) in [5.74, 6) is 2.56. The molecule has 1 aromatic rings. The van der Waals surface area contributed by atoms with Gasteiger partial charge < -0.3 is 9.47 Å². The molecule has 2 fully saturated rings. The van der Waals surface area contributed by atoms with Gasteiger partial charge in [-0.3, -0.25) is 20.4 Å². The quantitative estimate of drug-likeness (QED) is 0.777. The van der Waals surface area contributed by atoms with Gasteiger partial charge >= 0.3 is 0 Å². The van der Waals surface area contributed by atoms with Crippen molar-refractivity contribution >= 4 is 11.8 Å². The van der Waals surface area contributed by atoms with E-state index in [9.17, 15) is 9.59 Å². The van der Waals surface area contributed by atoms with Crippen LogP contribution in [0.1, 0.15) is 49.4 Å². The SMILES string of the molecule is CCOc1ccc(C(=O)NNC(=O)C[C@@H]2C[C@H]3CC[C@@H]2C3)cc1OC. The molecule has 2 amide bonds. The normalized spacial score (nSPS) is 24.0. The fraction of sp³-hybridized carbons (Fsp3) is 0.579. The Morgan fingerprint density at radius 2 is 2.00 bits per heavy atom. The second kappa shape index (κ2) is 7.76. The number of benzene rings is 1. The molecule has 2 aliphatic rings. The van der Waals surface area contributed by atoms with E-state index in [0.29, 0.717) is 41.9 Å². The molecule has 136 valence electrons. The van der Waals surface area contributed by atoms with Gasteiger partial charge in [0, 0.05) is 12.0 Å². The Balaban J connectivity index is 1.51. The van der Waals surface area contributed by atoms with Crippen LogP contribution in [-0.4, -0.2) is 25.5 Å². The molecule has 0 aliphatic heterocycles. The van der Waals surface area contributed by atoms with Crippen molar-refractivity contribution in [2.24, 2.45) is 17.8 Å². The first-order chi connectivity index (χ1) is 12.1. The molecule has 2 N–H and O–H groups in total. The van der Waals surface area contributed by atoms with Gasteiger partial charge in [0.25, 0.3) is 5.91 Å². The molecule has 6 nitrogen and oxygen atoms in total. The monoisotopic (exact) mass is 346 g/mol. The molecule has 0 aromatic heterocycles. The summed E-state index contributed by atoms with van der Waals surface area (Å²) in [6.07, 6.45) is 5.49. The van der Waals surface area contributed by atoms with Crippen LogP contribution in [0.15, 0.2) is 18.2 Å². The maximum absolute atomic E-state index is 12.2. The Morgan fingerprint density at radius 3 is 2.64 bits per heavy atom. The third-order valence-corrected chi connectivity index (χ3v) is 5.37. The predicted octanol–water partition coefficient (Wildman–Crippen LogP) is 2.68. The molecule has 2 bridgehead atoms. The van der Waals surface area contributed by atoms with Crippen LogP contribution in [0.3, 0.4) is 0 Å². The number of hydrazine groups is 1. The predicted molar refractivity (Wildman–Crippen MR) is 93.3 cm³/mol. The van der Waals surface area contributed by atoms with Crippen LogP contribution >= 0.6 is 0 Å². The van der Waals surface area contributed by atoms with E-state index in [-0.39, 0.29) is 11.8 Å². The standard InChI is InChI=1S/C19H26N2O4/c1-3-25-16-7-6-14(10-17(16)24-2)19(23)21-20-18(22)11-15-9-12-4-5-13(15)8-12/h6-7,10,12-13,15H,3-5,8-9,11H2,1-2H3,(H,20,22)(H,21,23)/t12-,13+,15-/m0/s1. The van der Waals surface area contributed by atoms with Crippen molar-refractivity contribution in [1.29, 1.82) is 0 Å². The van der Waals surface area contributed by atoms with Gasteiger partial charge in [0.2, 0.25) is 5.91 Å². The number of nitrogens with one attached hydrogen (secondary N) is 2. The summed E-state index contributed by atoms with van der Waals surface area (Å²) in [6.45, 7) is 2.40. The van der Waals surface area contributed by atoms with Crippen molar-refractivity contribution in [1.82, 2.24) is 10.9 Å². The highest BCUT2D eigenvalue weighted by molar-refractivity contribution is 5.96. The van der Waals surface area contributed by atoms with Crippen LogP contribution in [0.5, 0.6) is 11.5 Å². The van der Waals surface area contributed by atoms with E-state index >= 15 is 0 Å². The topological polar surface area (TPSA) is 76.7 Å². The van der Waals surface area contributed by atoms with Crippen molar-refractivity contribution in [3.8, 4) is 11.5 Å². The van der Waals surface area contributed by atoms with Crippen molar-refractivity contribution < 1.29 is 19.1 Å². The summed E-state index contributed by atoms with van der Waals surface area (Å²) in [6, 6.07) is 4.93. The van der Waals surface area contributed by atoms with Crippen LogP contribution in [-0.2, 0) is 4.79 Å². The smallest absolute Gasteiger partial charge is 0.269 e. The van der Waals surface area contributed by atoms with Gasteiger partial charge in [-0.05, 0) is 62.1 Å². The second-order valence-corrected chi connectivity index (χ2v) is 6.94. The van der Waals surface area contributed by atoms with Gasteiger partial charge in [-0.25, -0.2) is 0 Å². The number of hydrogen-bond acceptors (Lipinski definition) is 4. The average molecular weight is 346 g/mol. The molecule has 0 heterocycles. The van der Waals surface area contributed by atoms with E-state index in [1.54, 1.807) is 18.2 Å². The van der Waals surface area contributed by atoms with Crippen LogP contribution in [0, 0.1) is 17.8 Å². The molecule has 3 rings (SSSR count). The van der Waals surface area contributed by atoms with Gasteiger partial charge in [-0.2, -0.15) is 0 Å². The average Bonchev–Trinajstić information content (AvgIpc) is 3.23. The van der Waals surface area contributed by atoms with Gasteiger partial charge in [-0.15, -0.1) is 0 Å². The van der Waals surface area contributed by atoms with Crippen molar-refractivity contribution in [2.45, 2.75) is 39.0 Å². The van der Waals surface area contributed by atoms with Crippen LogP contribution in [0.4, 0.5) is 0 Å². The molecular weight excluding hydrogens is 320 g/mol. The number of carbonyl (C=O) groups is 2. The number of methoxy groups -OCH3 is 1. The first-order valence-electron chi connectivity index (χ1n) is 9.00. The zero-order valence-corrected chi connectivity index (χ0v) is 14.8. The van der Waals surface area contributed by atoms with E-state index in [2.05, 4.69) is 10.9 Å². The number of hydrogen-bond donors (Lipinski definition) is 2. The Kier molecular flexibility index (Phi) is 5.46. The molecule has 0 radical (unpaired) electrons. The lowest BCUT2D eigenvalue weighted by atomic mass is 9.86. The number of carbonyl (C=O) groups excluding carboxylic acids is 2. The number of fused-ring (bicyclic) bond motifs is 2. The zero-order chi connectivity index (χ0) is 17.8. The molecule has 25 heavy (non-hydrogen) atoms. The minimum atomic E-state index is -0.373. The fourth-order valence-corrected chi connectivity index (χ4v) is 4.20. The number of ether oxygens (including phenoxy) is 2. The molecule has 1 aromatic carbocycles. The summed E-state index contributed by atoms with van der Waals surface area (Å²) in [5.41, 5.74) is 5.42. The van der Waals surface area contributed by atoms with Crippen LogP contribution < -0.4 is 20.3 Å². The van der Waals surface area contributed by atoms with Gasteiger partial charge in [0.15, 0.2) is 11.5 Å². The fourth-order valence-electron chi connectivity index (χ4n) is 4.20. The van der Waals surface area contributed by atoms with Crippen LogP contribution in [0.2, 0.25) is 0 Å². The maximum Gasteiger partial charge on any atom is 0.269 e. The van der Waals surface area contributed by atoms with E-state index < -0.39 is 0 Å². The molecule has 2 aliphatic carbocycles. The molecule has 0 spiro atoms. The summed E-state index contributed by atoms with van der Waals surface area (Å²) < 4.78 is 10.7. The Bertz CT molecular complexity index is 646. The lowest BCUT2D eigenvalue weighted by Gasteiger charge is -2.21. The summed E-state index contributed by atoms with van der Waals surface area (Å²) in [4.78, 5) is 24.3. The molecule has 2 saturated carbocycles. The molecule has 0 unspecified atom stereocenters. The highest BCUT2D eigenvalue weighted by Crippen LogP contribution is 2.49. The lowest BCUT2D eigenvalue weighted by Crippen LogP contribution is -2.42. The van der Waals surface area contributed by atoms with E-state index in [1.165, 1.54) is 26.4 Å². The summed E-state index contributed by atoms with van der Waals surface area (Å²) in [7, 11) is 1.52. The number of amides is 2. The minimum Gasteiger partial charge on any atom is -0.493 e. The summed E-state index contributed by atoms with van der Waals surface area (Å²) >= 11 is 0. The zero-order valence-electron chi connectivity index (χ0n) is 14.8. The molecule has 6 heteroatoms. The van der Waals surface area contributed by atoms with Gasteiger partial charge in [0.1, 0.15) is 0 Å². The van der Waals surface area contributed by atoms with E-state index in [4.69, 9.17) is 9.47 Å². The third-order valence-electron chi connectivity index (χ3n) is 5.37. The van der Waals surface area contributed by atoms with Crippen molar-refractivity contribution in [3.63, 3.8) is 0 Å². The summed E-state index contributed by atoms with van der Waals surface area (Å²) in [5, 5.41) is 0. The Labute approximate surface area is 148 Å². The third kappa shape index (κ3) is 4.06. The Hall–Kier alpha value is -2.24. The van der Waals surface area contributed by atoms with Crippen molar-refractivity contribution in [2.75, 3.05) is 13.7 Å². The highest BCUT2D eigenvalue weighted by Gasteiger charge is 2.40. The minimum absolute atomic E-state index is 0.121. The van der Waals surface area contributed by atoms with Gasteiger partial charge in [0.05, 0.1) is 13.7 Å². The first kappa shape index (κ1) is 17.6. The van der Waals surface area contributed by atoms with Gasteiger partial charge in [-0.1, -0.05) is 6.42 Å². The maximum atomic E-state index is 12.2. The second-order valence-electron chi connectivity index (χ2n) is 6.94. The largest absolute Gasteiger partial charge is 0.493 e. The first-order valence-corrected chi connectivity index (χ1v) is 9.00. The molecular formula is C19H26N2O4. The van der Waals surface area contributed by atoms with E-state index in [0.717, 1.165) is 12.3 Å².